The van der Waals surface area contributed by atoms with E-state index in [1.165, 1.54) is 16.7 Å². The number of hydrogen-bond acceptors (Lipinski definition) is 0. The van der Waals surface area contributed by atoms with Gasteiger partial charge in [0.05, 0.1) is 0 Å². The maximum Gasteiger partial charge on any atom is -0.0184 e. The van der Waals surface area contributed by atoms with Gasteiger partial charge in [-0.3, -0.25) is 0 Å². The molecule has 0 saturated heterocycles. The Hall–Kier alpha value is -1.82. The average molecular weight is 210 g/mol. The number of benzene rings is 2. The highest BCUT2D eigenvalue weighted by Crippen LogP contribution is 2.18. The Kier molecular flexibility index (Phi) is 5.07. The first-order chi connectivity index (χ1) is 7.77. The first kappa shape index (κ1) is 12.3. The van der Waals surface area contributed by atoms with E-state index in [0.717, 1.165) is 0 Å². The molecule has 0 saturated carbocycles. The predicted molar refractivity (Wildman–Crippen MR) is 72.5 cm³/mol. The largest absolute Gasteiger partial charge is 0.103 e. The molecule has 0 heterocycles. The van der Waals surface area contributed by atoms with Crippen molar-refractivity contribution in [2.75, 3.05) is 0 Å². The average Bonchev–Trinajstić information content (AvgIpc) is 2.32. The minimum absolute atomic E-state index is 1.28. The summed E-state index contributed by atoms with van der Waals surface area (Å²) in [5.41, 5.74) is 3.87. The van der Waals surface area contributed by atoms with Crippen LogP contribution < -0.4 is 0 Å². The van der Waals surface area contributed by atoms with Crippen molar-refractivity contribution in [2.45, 2.75) is 13.8 Å². The Bertz CT molecular complexity index is 410. The van der Waals surface area contributed by atoms with Gasteiger partial charge < -0.3 is 0 Å². The SMILES string of the molecule is C=CC.Cc1ccc(-c2ccccc2)cc1. The second-order valence-corrected chi connectivity index (χ2v) is 3.64. The lowest BCUT2D eigenvalue weighted by Crippen LogP contribution is -1.76. The third-order valence-corrected chi connectivity index (χ3v) is 2.16. The first-order valence-corrected chi connectivity index (χ1v) is 5.47. The molecule has 0 heteroatoms. The van der Waals surface area contributed by atoms with Gasteiger partial charge in [0.15, 0.2) is 0 Å². The van der Waals surface area contributed by atoms with E-state index in [-0.39, 0.29) is 0 Å². The van der Waals surface area contributed by atoms with Crippen molar-refractivity contribution >= 4 is 0 Å². The molecule has 0 aliphatic carbocycles. The zero-order chi connectivity index (χ0) is 11.8. The summed E-state index contributed by atoms with van der Waals surface area (Å²) in [6, 6.07) is 19.0. The van der Waals surface area contributed by atoms with Gasteiger partial charge in [0, 0.05) is 0 Å². The summed E-state index contributed by atoms with van der Waals surface area (Å²) in [6.45, 7) is 7.36. The van der Waals surface area contributed by atoms with E-state index in [0.29, 0.717) is 0 Å². The Labute approximate surface area is 98.3 Å². The number of hydrogen-bond donors (Lipinski definition) is 0. The van der Waals surface area contributed by atoms with Crippen LogP contribution >= 0.6 is 0 Å². The lowest BCUT2D eigenvalue weighted by Gasteiger charge is -2.00. The Balaban J connectivity index is 0.000000386. The maximum atomic E-state index is 3.36. The molecule has 0 unspecified atom stereocenters. The van der Waals surface area contributed by atoms with Crippen molar-refractivity contribution in [1.29, 1.82) is 0 Å². The summed E-state index contributed by atoms with van der Waals surface area (Å²) in [5, 5.41) is 0. The van der Waals surface area contributed by atoms with E-state index in [1.807, 2.05) is 13.0 Å². The molecule has 0 atom stereocenters. The number of aryl methyl sites for hydroxylation is 1. The van der Waals surface area contributed by atoms with Crippen molar-refractivity contribution in [1.82, 2.24) is 0 Å². The molecule has 2 rings (SSSR count). The van der Waals surface area contributed by atoms with Crippen LogP contribution in [0.3, 0.4) is 0 Å². The molecule has 0 aromatic heterocycles. The highest BCUT2D eigenvalue weighted by Gasteiger charge is 1.93. The predicted octanol–water partition coefficient (Wildman–Crippen LogP) is 4.85. The van der Waals surface area contributed by atoms with Crippen LogP contribution in [-0.2, 0) is 0 Å². The van der Waals surface area contributed by atoms with Gasteiger partial charge in [-0.25, -0.2) is 0 Å². The third-order valence-electron chi connectivity index (χ3n) is 2.16. The van der Waals surface area contributed by atoms with Crippen LogP contribution in [0.4, 0.5) is 0 Å². The molecule has 0 amide bonds. The monoisotopic (exact) mass is 210 g/mol. The van der Waals surface area contributed by atoms with Crippen molar-refractivity contribution in [3.8, 4) is 11.1 Å². The summed E-state index contributed by atoms with van der Waals surface area (Å²) in [7, 11) is 0. The van der Waals surface area contributed by atoms with E-state index in [1.54, 1.807) is 6.08 Å². The van der Waals surface area contributed by atoms with Crippen molar-refractivity contribution in [3.63, 3.8) is 0 Å². The highest BCUT2D eigenvalue weighted by molar-refractivity contribution is 5.63. The van der Waals surface area contributed by atoms with Gasteiger partial charge in [-0.05, 0) is 25.0 Å². The third kappa shape index (κ3) is 3.74. The van der Waals surface area contributed by atoms with Gasteiger partial charge in [-0.1, -0.05) is 66.2 Å². The molecule has 16 heavy (non-hydrogen) atoms. The number of rotatable bonds is 1. The lowest BCUT2D eigenvalue weighted by molar-refractivity contribution is 1.47. The zero-order valence-electron chi connectivity index (χ0n) is 9.98. The Morgan fingerprint density at radius 2 is 1.25 bits per heavy atom. The molecule has 0 spiro atoms. The quantitative estimate of drug-likeness (QED) is 0.590. The topological polar surface area (TPSA) is 0 Å². The van der Waals surface area contributed by atoms with E-state index in [4.69, 9.17) is 0 Å². The fourth-order valence-electron chi connectivity index (χ4n) is 1.38. The molecular weight excluding hydrogens is 192 g/mol. The van der Waals surface area contributed by atoms with Crippen LogP contribution in [0.2, 0.25) is 0 Å². The highest BCUT2D eigenvalue weighted by atomic mass is 14.0. The molecular formula is C16H18. The zero-order valence-corrected chi connectivity index (χ0v) is 9.98. The molecule has 0 radical (unpaired) electrons. The molecule has 0 nitrogen and oxygen atoms in total. The fourth-order valence-corrected chi connectivity index (χ4v) is 1.38. The van der Waals surface area contributed by atoms with Gasteiger partial charge in [-0.2, -0.15) is 0 Å². The number of allylic oxidation sites excluding steroid dienone is 1. The molecule has 2 aromatic carbocycles. The molecule has 0 fully saturated rings. The summed E-state index contributed by atoms with van der Waals surface area (Å²) < 4.78 is 0. The second-order valence-electron chi connectivity index (χ2n) is 3.64. The summed E-state index contributed by atoms with van der Waals surface area (Å²) >= 11 is 0. The molecule has 0 N–H and O–H groups in total. The van der Waals surface area contributed by atoms with Gasteiger partial charge in [0.25, 0.3) is 0 Å². The van der Waals surface area contributed by atoms with Crippen LogP contribution in [0.15, 0.2) is 67.3 Å². The molecule has 0 bridgehead atoms. The first-order valence-electron chi connectivity index (χ1n) is 5.47. The van der Waals surface area contributed by atoms with Crippen LogP contribution in [-0.4, -0.2) is 0 Å². The summed E-state index contributed by atoms with van der Waals surface area (Å²) in [4.78, 5) is 0. The normalized spacial score (nSPS) is 8.88. The summed E-state index contributed by atoms with van der Waals surface area (Å²) in [6.07, 6.45) is 1.75. The van der Waals surface area contributed by atoms with Gasteiger partial charge in [0.1, 0.15) is 0 Å². The molecule has 82 valence electrons. The van der Waals surface area contributed by atoms with Crippen molar-refractivity contribution < 1.29 is 0 Å². The van der Waals surface area contributed by atoms with E-state index in [2.05, 4.69) is 62.0 Å². The Morgan fingerprint density at radius 3 is 1.75 bits per heavy atom. The van der Waals surface area contributed by atoms with Crippen LogP contribution in [0, 0.1) is 6.92 Å². The van der Waals surface area contributed by atoms with Crippen molar-refractivity contribution in [2.24, 2.45) is 0 Å². The van der Waals surface area contributed by atoms with Crippen LogP contribution in [0.5, 0.6) is 0 Å². The molecule has 0 aliphatic rings. The smallest absolute Gasteiger partial charge is 0.0184 e. The lowest BCUT2D eigenvalue weighted by atomic mass is 10.0. The van der Waals surface area contributed by atoms with Crippen molar-refractivity contribution in [3.05, 3.63) is 72.8 Å². The fraction of sp³-hybridized carbons (Fsp3) is 0.125. The van der Waals surface area contributed by atoms with Crippen LogP contribution in [0.1, 0.15) is 12.5 Å². The minimum Gasteiger partial charge on any atom is -0.103 e. The van der Waals surface area contributed by atoms with Gasteiger partial charge >= 0.3 is 0 Å². The van der Waals surface area contributed by atoms with E-state index in [9.17, 15) is 0 Å². The van der Waals surface area contributed by atoms with Crippen LogP contribution in [0.25, 0.3) is 11.1 Å². The molecule has 0 aliphatic heterocycles. The van der Waals surface area contributed by atoms with E-state index >= 15 is 0 Å². The van der Waals surface area contributed by atoms with E-state index < -0.39 is 0 Å². The second kappa shape index (κ2) is 6.62. The maximum absolute atomic E-state index is 3.36. The summed E-state index contributed by atoms with van der Waals surface area (Å²) in [5.74, 6) is 0. The standard InChI is InChI=1S/C13H12.C3H6/c1-11-7-9-13(10-8-11)12-5-3-2-4-6-12;1-3-2/h2-10H,1H3;3H,1H2,2H3. The molecule has 2 aromatic rings. The van der Waals surface area contributed by atoms with Gasteiger partial charge in [-0.15, -0.1) is 6.58 Å². The van der Waals surface area contributed by atoms with Gasteiger partial charge in [0.2, 0.25) is 0 Å². The minimum atomic E-state index is 1.28. The Morgan fingerprint density at radius 1 is 0.812 bits per heavy atom.